The van der Waals surface area contributed by atoms with Crippen LogP contribution < -0.4 is 5.73 Å². The van der Waals surface area contributed by atoms with E-state index in [0.717, 1.165) is 11.1 Å². The fourth-order valence-corrected chi connectivity index (χ4v) is 3.16. The fraction of sp³-hybridized carbons (Fsp3) is 0.105. The zero-order valence-corrected chi connectivity index (χ0v) is 14.1. The van der Waals surface area contributed by atoms with Crippen LogP contribution >= 0.6 is 11.8 Å². The molecule has 0 fully saturated rings. The van der Waals surface area contributed by atoms with E-state index in [4.69, 9.17) is 5.73 Å². The van der Waals surface area contributed by atoms with E-state index >= 15 is 0 Å². The Morgan fingerprint density at radius 3 is 2.40 bits per heavy atom. The van der Waals surface area contributed by atoms with Gasteiger partial charge in [-0.25, -0.2) is 14.4 Å². The first-order chi connectivity index (χ1) is 12.2. The first-order valence-corrected chi connectivity index (χ1v) is 8.62. The Hall–Kier alpha value is -2.91. The molecule has 0 saturated carbocycles. The summed E-state index contributed by atoms with van der Waals surface area (Å²) in [7, 11) is 0. The number of anilines is 1. The van der Waals surface area contributed by atoms with Crippen LogP contribution in [0.1, 0.15) is 22.4 Å². The summed E-state index contributed by atoms with van der Waals surface area (Å²) >= 11 is 1.46. The number of nitrogen functional groups attached to an aromatic ring is 1. The highest BCUT2D eigenvalue weighted by atomic mass is 32.2. The first-order valence-electron chi connectivity index (χ1n) is 7.63. The van der Waals surface area contributed by atoms with Gasteiger partial charge in [0.25, 0.3) is 0 Å². The number of nitrogens with two attached hydrogens (primary N) is 1. The number of thioether (sulfide) groups is 1. The lowest BCUT2D eigenvalue weighted by atomic mass is 10.1. The number of hydrogen-bond acceptors (Lipinski definition) is 5. The molecular formula is C19H15FN4S. The molecule has 0 amide bonds. The second-order valence-electron chi connectivity index (χ2n) is 5.40. The minimum Gasteiger partial charge on any atom is -0.382 e. The Balaban J connectivity index is 1.84. The SMILES string of the molecule is N#Cc1c(N)nc(SCc2ccccc2)nc1Cc1ccc(F)cc1. The third-order valence-electron chi connectivity index (χ3n) is 3.60. The molecule has 1 heterocycles. The van der Waals surface area contributed by atoms with Crippen molar-refractivity contribution in [3.63, 3.8) is 0 Å². The third-order valence-corrected chi connectivity index (χ3v) is 4.52. The highest BCUT2D eigenvalue weighted by molar-refractivity contribution is 7.98. The fourth-order valence-electron chi connectivity index (χ4n) is 2.34. The number of hydrogen-bond donors (Lipinski definition) is 1. The molecule has 0 saturated heterocycles. The van der Waals surface area contributed by atoms with Crippen LogP contribution in [0.2, 0.25) is 0 Å². The smallest absolute Gasteiger partial charge is 0.190 e. The molecule has 0 unspecified atom stereocenters. The average Bonchev–Trinajstić information content (AvgIpc) is 2.63. The van der Waals surface area contributed by atoms with Crippen LogP contribution in [-0.2, 0) is 12.2 Å². The van der Waals surface area contributed by atoms with Gasteiger partial charge in [-0.2, -0.15) is 5.26 Å². The molecule has 0 spiro atoms. The molecule has 0 radical (unpaired) electrons. The van der Waals surface area contributed by atoms with E-state index < -0.39 is 0 Å². The minimum atomic E-state index is -0.300. The summed E-state index contributed by atoms with van der Waals surface area (Å²) in [4.78, 5) is 8.72. The van der Waals surface area contributed by atoms with Crippen molar-refractivity contribution in [2.75, 3.05) is 5.73 Å². The van der Waals surface area contributed by atoms with Crippen LogP contribution in [0.25, 0.3) is 0 Å². The van der Waals surface area contributed by atoms with Gasteiger partial charge in [-0.1, -0.05) is 54.2 Å². The Kier molecular flexibility index (Phi) is 5.26. The molecule has 0 bridgehead atoms. The average molecular weight is 350 g/mol. The summed E-state index contributed by atoms with van der Waals surface area (Å²) < 4.78 is 13.1. The van der Waals surface area contributed by atoms with E-state index in [9.17, 15) is 9.65 Å². The van der Waals surface area contributed by atoms with Gasteiger partial charge in [-0.3, -0.25) is 0 Å². The van der Waals surface area contributed by atoms with Gasteiger partial charge in [-0.05, 0) is 23.3 Å². The topological polar surface area (TPSA) is 75.6 Å². The third kappa shape index (κ3) is 4.34. The first kappa shape index (κ1) is 16.9. The predicted molar refractivity (Wildman–Crippen MR) is 96.4 cm³/mol. The van der Waals surface area contributed by atoms with E-state index in [0.29, 0.717) is 23.0 Å². The summed E-state index contributed by atoms with van der Waals surface area (Å²) in [6, 6.07) is 18.1. The molecule has 0 aliphatic carbocycles. The Labute approximate surface area is 149 Å². The predicted octanol–water partition coefficient (Wildman–Crippen LogP) is 3.95. The van der Waals surface area contributed by atoms with Crippen LogP contribution in [0, 0.1) is 17.1 Å². The normalized spacial score (nSPS) is 10.4. The maximum atomic E-state index is 13.1. The molecule has 0 aliphatic rings. The monoisotopic (exact) mass is 350 g/mol. The second kappa shape index (κ2) is 7.77. The quantitative estimate of drug-likeness (QED) is 0.557. The number of nitrogens with zero attached hydrogens (tertiary/aromatic N) is 3. The number of nitriles is 1. The molecule has 0 aliphatic heterocycles. The second-order valence-corrected chi connectivity index (χ2v) is 6.34. The lowest BCUT2D eigenvalue weighted by Crippen LogP contribution is -2.06. The molecule has 4 nitrogen and oxygen atoms in total. The Morgan fingerprint density at radius 2 is 1.72 bits per heavy atom. The van der Waals surface area contributed by atoms with Gasteiger partial charge in [0.2, 0.25) is 0 Å². The molecule has 124 valence electrons. The largest absolute Gasteiger partial charge is 0.382 e. The molecule has 2 aromatic carbocycles. The van der Waals surface area contributed by atoms with Gasteiger partial charge >= 0.3 is 0 Å². The standard InChI is InChI=1S/C19H15FN4S/c20-15-8-6-13(7-9-15)10-17-16(11-21)18(22)24-19(23-17)25-12-14-4-2-1-3-5-14/h1-9H,10,12H2,(H2,22,23,24). The van der Waals surface area contributed by atoms with Gasteiger partial charge in [0.1, 0.15) is 23.3 Å². The van der Waals surface area contributed by atoms with E-state index in [1.807, 2.05) is 30.3 Å². The zero-order chi connectivity index (χ0) is 17.6. The highest BCUT2D eigenvalue weighted by Crippen LogP contribution is 2.24. The lowest BCUT2D eigenvalue weighted by molar-refractivity contribution is 0.627. The number of halogens is 1. The Morgan fingerprint density at radius 1 is 1.00 bits per heavy atom. The van der Waals surface area contributed by atoms with Crippen molar-refractivity contribution >= 4 is 17.6 Å². The summed E-state index contributed by atoms with van der Waals surface area (Å²) in [5, 5.41) is 9.87. The zero-order valence-electron chi connectivity index (χ0n) is 13.3. The van der Waals surface area contributed by atoms with Crippen molar-refractivity contribution in [1.82, 2.24) is 9.97 Å². The summed E-state index contributed by atoms with van der Waals surface area (Å²) in [5.41, 5.74) is 8.77. The number of aromatic nitrogens is 2. The van der Waals surface area contributed by atoms with Crippen LogP contribution in [0.15, 0.2) is 59.8 Å². The molecular weight excluding hydrogens is 335 g/mol. The summed E-state index contributed by atoms with van der Waals surface area (Å²) in [5.74, 6) is 0.582. The van der Waals surface area contributed by atoms with Gasteiger partial charge in [0, 0.05) is 12.2 Å². The van der Waals surface area contributed by atoms with Gasteiger partial charge in [-0.15, -0.1) is 0 Å². The van der Waals surface area contributed by atoms with E-state index in [1.165, 1.54) is 23.9 Å². The van der Waals surface area contributed by atoms with Crippen molar-refractivity contribution in [2.24, 2.45) is 0 Å². The van der Waals surface area contributed by atoms with E-state index in [1.54, 1.807) is 12.1 Å². The van der Waals surface area contributed by atoms with Crippen molar-refractivity contribution < 1.29 is 4.39 Å². The maximum Gasteiger partial charge on any atom is 0.190 e. The molecule has 6 heteroatoms. The molecule has 0 atom stereocenters. The summed E-state index contributed by atoms with van der Waals surface area (Å²) in [6.07, 6.45) is 0.398. The maximum absolute atomic E-state index is 13.1. The summed E-state index contributed by atoms with van der Waals surface area (Å²) in [6.45, 7) is 0. The van der Waals surface area contributed by atoms with Gasteiger partial charge in [0.15, 0.2) is 5.16 Å². The van der Waals surface area contributed by atoms with Crippen molar-refractivity contribution in [3.8, 4) is 6.07 Å². The minimum absolute atomic E-state index is 0.171. The molecule has 1 aromatic heterocycles. The molecule has 2 N–H and O–H groups in total. The van der Waals surface area contributed by atoms with Crippen LogP contribution in [-0.4, -0.2) is 9.97 Å². The van der Waals surface area contributed by atoms with Gasteiger partial charge < -0.3 is 5.73 Å². The van der Waals surface area contributed by atoms with Crippen molar-refractivity contribution in [2.45, 2.75) is 17.3 Å². The van der Waals surface area contributed by atoms with Crippen LogP contribution in [0.5, 0.6) is 0 Å². The molecule has 3 aromatic rings. The molecule has 25 heavy (non-hydrogen) atoms. The molecule has 3 rings (SSSR count). The van der Waals surface area contributed by atoms with Crippen LogP contribution in [0.3, 0.4) is 0 Å². The number of benzene rings is 2. The highest BCUT2D eigenvalue weighted by Gasteiger charge is 2.13. The lowest BCUT2D eigenvalue weighted by Gasteiger charge is -2.09. The van der Waals surface area contributed by atoms with Gasteiger partial charge in [0.05, 0.1) is 5.69 Å². The van der Waals surface area contributed by atoms with E-state index in [-0.39, 0.29) is 17.2 Å². The van der Waals surface area contributed by atoms with Crippen molar-refractivity contribution in [3.05, 3.63) is 82.8 Å². The van der Waals surface area contributed by atoms with Crippen LogP contribution in [0.4, 0.5) is 10.2 Å². The van der Waals surface area contributed by atoms with Crippen molar-refractivity contribution in [1.29, 1.82) is 5.26 Å². The number of rotatable bonds is 5. The van der Waals surface area contributed by atoms with E-state index in [2.05, 4.69) is 16.0 Å². The Bertz CT molecular complexity index is 905.